The molecule has 0 fully saturated rings. The van der Waals surface area contributed by atoms with Crippen LogP contribution >= 0.6 is 0 Å². The van der Waals surface area contributed by atoms with Gasteiger partial charge in [-0.25, -0.2) is 4.98 Å². The Labute approximate surface area is 419 Å². The molecule has 0 bridgehead atoms. The van der Waals surface area contributed by atoms with Crippen LogP contribution in [0.15, 0.2) is 152 Å². The molecule has 350 valence electrons. The van der Waals surface area contributed by atoms with Crippen LogP contribution in [0.2, 0.25) is 0 Å². The predicted octanol–water partition coefficient (Wildman–Crippen LogP) is 15.0. The van der Waals surface area contributed by atoms with Crippen LogP contribution in [0.4, 0.5) is 0 Å². The number of hydrogen-bond acceptors (Lipinski definition) is 2. The first-order chi connectivity index (χ1) is 31.6. The van der Waals surface area contributed by atoms with E-state index in [4.69, 9.17) is 9.72 Å². The summed E-state index contributed by atoms with van der Waals surface area (Å²) in [4.78, 5) is 4.99. The zero-order chi connectivity index (χ0) is 47.7. The maximum Gasteiger partial charge on any atom is 0.267 e. The Morgan fingerprint density at radius 2 is 1.12 bits per heavy atom. The molecule has 3 aromatic heterocycles. The standard InChI is InChI=1S/C62H64N4O.Pt/c1-58(2,3)44-25-20-26-48(33-44)64-40-56(62(12,13)43-23-18-15-19-24-43)65(41-64)49-34-47(60(7,8)9)35-51(38-49)67-50-28-29-52-53-36-46(61(10,11)42-21-16-14-17-22-42)27-30-54(53)66(55(52)39-50)57-37-45(31-32-63-57)59(4,5)6;/h14-37,40H,1-13H3;/q-2;. The Hall–Kier alpha value is -6.03. The summed E-state index contributed by atoms with van der Waals surface area (Å²) in [7, 11) is 0. The maximum atomic E-state index is 6.96. The normalized spacial score (nSPS) is 12.7. The molecule has 3 heterocycles. The van der Waals surface area contributed by atoms with Gasteiger partial charge < -0.3 is 13.9 Å². The van der Waals surface area contributed by atoms with Gasteiger partial charge in [0.15, 0.2) is 0 Å². The van der Waals surface area contributed by atoms with Crippen LogP contribution in [0.5, 0.6) is 11.5 Å². The van der Waals surface area contributed by atoms with E-state index in [1.165, 1.54) is 27.8 Å². The van der Waals surface area contributed by atoms with Crippen molar-refractivity contribution in [1.29, 1.82) is 0 Å². The van der Waals surface area contributed by atoms with Crippen molar-refractivity contribution in [2.24, 2.45) is 0 Å². The van der Waals surface area contributed by atoms with E-state index in [0.29, 0.717) is 11.5 Å². The molecule has 0 saturated carbocycles. The van der Waals surface area contributed by atoms with E-state index >= 15 is 0 Å². The third-order valence-electron chi connectivity index (χ3n) is 13.7. The van der Waals surface area contributed by atoms with Crippen LogP contribution in [-0.4, -0.2) is 14.1 Å². The molecule has 9 aromatic rings. The molecule has 6 aromatic carbocycles. The molecule has 0 aliphatic rings. The minimum absolute atomic E-state index is 0. The van der Waals surface area contributed by atoms with E-state index < -0.39 is 5.41 Å². The topological polar surface area (TPSA) is 35.9 Å². The Morgan fingerprint density at radius 1 is 0.500 bits per heavy atom. The molecule has 0 aliphatic carbocycles. The van der Waals surface area contributed by atoms with E-state index in [-0.39, 0.29) is 42.7 Å². The van der Waals surface area contributed by atoms with E-state index in [1.54, 1.807) is 0 Å². The van der Waals surface area contributed by atoms with Gasteiger partial charge in [-0.05, 0) is 85.5 Å². The number of hydrogen-bond donors (Lipinski definition) is 0. The van der Waals surface area contributed by atoms with Crippen molar-refractivity contribution in [2.75, 3.05) is 0 Å². The van der Waals surface area contributed by atoms with Crippen molar-refractivity contribution in [2.45, 2.75) is 117 Å². The molecule has 0 amide bonds. The molecular formula is C62H64N4OPt-2. The molecule has 68 heavy (non-hydrogen) atoms. The molecule has 0 aliphatic heterocycles. The predicted molar refractivity (Wildman–Crippen MR) is 276 cm³/mol. The van der Waals surface area contributed by atoms with Crippen molar-refractivity contribution in [1.82, 2.24) is 14.1 Å². The van der Waals surface area contributed by atoms with Crippen molar-refractivity contribution >= 4 is 21.8 Å². The van der Waals surface area contributed by atoms with Gasteiger partial charge >= 0.3 is 0 Å². The average molecular weight is 1080 g/mol. The summed E-state index contributed by atoms with van der Waals surface area (Å²) in [5, 5.41) is 2.22. The minimum atomic E-state index is -0.391. The summed E-state index contributed by atoms with van der Waals surface area (Å²) in [5.74, 6) is 2.04. The van der Waals surface area contributed by atoms with Gasteiger partial charge in [0.2, 0.25) is 0 Å². The fourth-order valence-corrected chi connectivity index (χ4v) is 9.15. The maximum absolute atomic E-state index is 6.96. The summed E-state index contributed by atoms with van der Waals surface area (Å²) in [6.07, 6.45) is 7.92. The summed E-state index contributed by atoms with van der Waals surface area (Å²) >= 11 is 0. The van der Waals surface area contributed by atoms with Crippen LogP contribution in [0.1, 0.15) is 129 Å². The van der Waals surface area contributed by atoms with Crippen LogP contribution in [0, 0.1) is 18.5 Å². The van der Waals surface area contributed by atoms with Crippen molar-refractivity contribution in [3.05, 3.63) is 209 Å². The zero-order valence-corrected chi connectivity index (χ0v) is 44.2. The van der Waals surface area contributed by atoms with Gasteiger partial charge in [0.05, 0.1) is 11.4 Å². The Bertz CT molecular complexity index is 3260. The fourth-order valence-electron chi connectivity index (χ4n) is 9.15. The molecule has 9 rings (SSSR count). The smallest absolute Gasteiger partial charge is 0.267 e. The SMILES string of the molecule is CC(C)(C)c1cc(Oc2[c-]c3c(cc2)c2cc(C(C)(C)c4ccccc4)ccc2n3-c2cc(C(C)(C)C)ccn2)[c-]c(-n2[c-][n+](-c3cccc(C(C)(C)C)c3)cc2C(C)(C)c2ccccc2)c1.[Pt]. The minimum Gasteiger partial charge on any atom is -0.510 e. The van der Waals surface area contributed by atoms with Crippen molar-refractivity contribution < 1.29 is 30.4 Å². The molecule has 6 heteroatoms. The number of benzene rings is 6. The van der Waals surface area contributed by atoms with E-state index in [0.717, 1.165) is 50.3 Å². The zero-order valence-electron chi connectivity index (χ0n) is 41.9. The number of ether oxygens (including phenoxy) is 1. The van der Waals surface area contributed by atoms with E-state index in [2.05, 4.69) is 262 Å². The van der Waals surface area contributed by atoms with Crippen LogP contribution in [-0.2, 0) is 48.1 Å². The second kappa shape index (κ2) is 17.8. The Morgan fingerprint density at radius 3 is 1.76 bits per heavy atom. The number of pyridine rings is 1. The van der Waals surface area contributed by atoms with E-state index in [1.807, 2.05) is 12.3 Å². The van der Waals surface area contributed by atoms with Gasteiger partial charge in [-0.15, -0.1) is 29.7 Å². The van der Waals surface area contributed by atoms with Gasteiger partial charge in [0, 0.05) is 61.3 Å². The second-order valence-corrected chi connectivity index (χ2v) is 22.4. The van der Waals surface area contributed by atoms with Crippen LogP contribution in [0.3, 0.4) is 0 Å². The largest absolute Gasteiger partial charge is 0.510 e. The van der Waals surface area contributed by atoms with Gasteiger partial charge in [-0.2, -0.15) is 17.7 Å². The molecule has 0 N–H and O–H groups in total. The van der Waals surface area contributed by atoms with Crippen molar-refractivity contribution in [3.63, 3.8) is 0 Å². The van der Waals surface area contributed by atoms with Gasteiger partial charge in [-0.3, -0.25) is 4.57 Å². The molecule has 0 saturated heterocycles. The Balaban J connectivity index is 0.00000625. The van der Waals surface area contributed by atoms with Crippen LogP contribution in [0.25, 0.3) is 39.0 Å². The summed E-state index contributed by atoms with van der Waals surface area (Å²) in [6.45, 7) is 29.4. The Kier molecular flexibility index (Phi) is 12.7. The van der Waals surface area contributed by atoms with Crippen molar-refractivity contribution in [3.8, 4) is 28.7 Å². The van der Waals surface area contributed by atoms with Gasteiger partial charge in [0.1, 0.15) is 5.82 Å². The monoisotopic (exact) mass is 1080 g/mol. The summed E-state index contributed by atoms with van der Waals surface area (Å²) < 4.78 is 13.5. The summed E-state index contributed by atoms with van der Waals surface area (Å²) in [5.41, 5.74) is 11.4. The average Bonchev–Trinajstić information content (AvgIpc) is 3.89. The number of fused-ring (bicyclic) bond motifs is 3. The second-order valence-electron chi connectivity index (χ2n) is 22.4. The van der Waals surface area contributed by atoms with Gasteiger partial charge in [0.25, 0.3) is 6.33 Å². The first-order valence-electron chi connectivity index (χ1n) is 23.6. The van der Waals surface area contributed by atoms with Gasteiger partial charge in [-0.1, -0.05) is 180 Å². The number of imidazole rings is 1. The molecule has 0 radical (unpaired) electrons. The molecule has 0 unspecified atom stereocenters. The van der Waals surface area contributed by atoms with E-state index in [9.17, 15) is 0 Å². The summed E-state index contributed by atoms with van der Waals surface area (Å²) in [6, 6.07) is 57.5. The first kappa shape index (κ1) is 48.4. The van der Waals surface area contributed by atoms with Crippen LogP contribution < -0.4 is 9.30 Å². The molecule has 5 nitrogen and oxygen atoms in total. The quantitative estimate of drug-likeness (QED) is 0.107. The number of rotatable bonds is 9. The third-order valence-corrected chi connectivity index (χ3v) is 13.7. The molecule has 0 spiro atoms. The molecule has 0 atom stereocenters. The number of nitrogens with zero attached hydrogens (tertiary/aromatic N) is 4. The first-order valence-corrected chi connectivity index (χ1v) is 23.6. The number of aromatic nitrogens is 4. The fraction of sp³-hybridized carbons (Fsp3) is 0.290. The third kappa shape index (κ3) is 9.27. The molecular weight excluding hydrogens is 1010 g/mol.